The number of benzene rings is 1. The second-order valence-corrected chi connectivity index (χ2v) is 10.5. The second-order valence-electron chi connectivity index (χ2n) is 8.06. The number of hydrogen-bond donors (Lipinski definition) is 3. The normalized spacial score (nSPS) is 11.0. The Hall–Kier alpha value is -4.26. The van der Waals surface area contributed by atoms with Gasteiger partial charge in [-0.05, 0) is 60.1 Å². The van der Waals surface area contributed by atoms with Crippen LogP contribution in [0.3, 0.4) is 0 Å². The van der Waals surface area contributed by atoms with Gasteiger partial charge in [-0.25, -0.2) is 4.79 Å². The molecule has 0 aliphatic heterocycles. The third-order valence-electron chi connectivity index (χ3n) is 5.60. The van der Waals surface area contributed by atoms with E-state index in [9.17, 15) is 19.5 Å². The molecule has 0 spiro atoms. The summed E-state index contributed by atoms with van der Waals surface area (Å²) in [5.41, 5.74) is 0.951. The topological polar surface area (TPSA) is 139 Å². The molecule has 0 radical (unpaired) electrons. The first-order valence-electron chi connectivity index (χ1n) is 11.1. The maximum Gasteiger partial charge on any atom is 0.335 e. The van der Waals surface area contributed by atoms with Gasteiger partial charge in [-0.1, -0.05) is 11.6 Å². The van der Waals surface area contributed by atoms with Gasteiger partial charge in [0.1, 0.15) is 11.5 Å². The van der Waals surface area contributed by atoms with Crippen LogP contribution in [-0.2, 0) is 13.1 Å². The molecule has 0 aliphatic rings. The van der Waals surface area contributed by atoms with E-state index in [1.807, 2.05) is 6.07 Å². The quantitative estimate of drug-likeness (QED) is 0.246. The number of hydrogen-bond acceptors (Lipinski definition) is 9. The van der Waals surface area contributed by atoms with Crippen LogP contribution in [0.25, 0.3) is 11.3 Å². The lowest BCUT2D eigenvalue weighted by molar-refractivity contribution is 0.0696. The lowest BCUT2D eigenvalue weighted by Gasteiger charge is -2.09. The summed E-state index contributed by atoms with van der Waals surface area (Å²) in [4.78, 5) is 38.0. The predicted octanol–water partition coefficient (Wildman–Crippen LogP) is 4.64. The molecule has 0 unspecified atom stereocenters. The number of carboxylic acids is 1. The molecule has 0 atom stereocenters. The number of anilines is 1. The van der Waals surface area contributed by atoms with E-state index in [1.54, 1.807) is 23.6 Å². The third kappa shape index (κ3) is 5.23. The number of halogens is 1. The zero-order valence-corrected chi connectivity index (χ0v) is 21.8. The smallest absolute Gasteiger partial charge is 0.335 e. The van der Waals surface area contributed by atoms with Crippen molar-refractivity contribution in [2.45, 2.75) is 13.1 Å². The largest absolute Gasteiger partial charge is 0.494 e. The number of rotatable bonds is 8. The van der Waals surface area contributed by atoms with Crippen molar-refractivity contribution in [3.63, 3.8) is 0 Å². The van der Waals surface area contributed by atoms with E-state index in [0.717, 1.165) is 9.56 Å². The number of pyridine rings is 1. The summed E-state index contributed by atoms with van der Waals surface area (Å²) in [6.45, 7) is 0.422. The van der Waals surface area contributed by atoms with Gasteiger partial charge in [0.05, 0.1) is 34.2 Å². The van der Waals surface area contributed by atoms with Gasteiger partial charge in [0.15, 0.2) is 0 Å². The van der Waals surface area contributed by atoms with Gasteiger partial charge in [-0.2, -0.15) is 14.2 Å². The van der Waals surface area contributed by atoms with E-state index in [0.29, 0.717) is 22.4 Å². The molecular weight excluding hydrogens is 550 g/mol. The molecule has 10 nitrogen and oxygen atoms in total. The van der Waals surface area contributed by atoms with Crippen LogP contribution in [0, 0.1) is 0 Å². The fraction of sp³-hybridized carbons (Fsp3) is 0.0800. The Morgan fingerprint density at radius 1 is 1.03 bits per heavy atom. The number of aromatic carboxylic acids is 1. The van der Waals surface area contributed by atoms with Gasteiger partial charge in [-0.3, -0.25) is 14.2 Å². The molecule has 5 aromatic rings. The first kappa shape index (κ1) is 25.4. The molecule has 0 aliphatic carbocycles. The molecule has 38 heavy (non-hydrogen) atoms. The molecule has 0 saturated heterocycles. The number of aromatic hydroxyl groups is 1. The molecule has 5 rings (SSSR count). The molecule has 3 N–H and O–H groups in total. The number of aromatic nitrogens is 4. The molecule has 4 heterocycles. The summed E-state index contributed by atoms with van der Waals surface area (Å²) < 4.78 is 7.13. The minimum absolute atomic E-state index is 0.0444. The van der Waals surface area contributed by atoms with Crippen LogP contribution in [-0.4, -0.2) is 40.8 Å². The Kier molecular flexibility index (Phi) is 7.09. The monoisotopic (exact) mass is 567 g/mol. The molecule has 0 bridgehead atoms. The van der Waals surface area contributed by atoms with Crippen LogP contribution in [0.15, 0.2) is 70.8 Å². The van der Waals surface area contributed by atoms with Crippen molar-refractivity contribution in [3.05, 3.63) is 102 Å². The van der Waals surface area contributed by atoms with Crippen molar-refractivity contribution in [3.8, 4) is 17.1 Å². The number of carbonyl (C=O) groups is 2. The first-order chi connectivity index (χ1) is 18.3. The number of thiophene rings is 1. The zero-order chi connectivity index (χ0) is 26.8. The molecule has 1 aromatic carbocycles. The van der Waals surface area contributed by atoms with Crippen molar-refractivity contribution < 1.29 is 19.8 Å². The standard InChI is InChI=1S/C25H18ClN5O5S2/c26-20-7-5-17(38-20)12-27-21-11-19(28-31(21)23(33)14-1-3-15(4-2-14)25(35)36)18-6-8-22(32)30(24(18)34)13-16-9-10-37-29-16/h1-11,27,34H,12-13H2,(H,35,36). The van der Waals surface area contributed by atoms with Gasteiger partial charge >= 0.3 is 5.97 Å². The molecule has 0 amide bonds. The average Bonchev–Trinajstić information content (AvgIpc) is 3.66. The highest BCUT2D eigenvalue weighted by Crippen LogP contribution is 2.30. The lowest BCUT2D eigenvalue weighted by atomic mass is 10.1. The molecule has 0 saturated carbocycles. The van der Waals surface area contributed by atoms with Gasteiger partial charge in [0, 0.05) is 28.0 Å². The highest BCUT2D eigenvalue weighted by atomic mass is 35.5. The summed E-state index contributed by atoms with van der Waals surface area (Å²) in [6.07, 6.45) is 0. The fourth-order valence-electron chi connectivity index (χ4n) is 3.70. The Morgan fingerprint density at radius 3 is 2.45 bits per heavy atom. The number of carboxylic acid groups (broad SMARTS) is 1. The van der Waals surface area contributed by atoms with Gasteiger partial charge in [-0.15, -0.1) is 11.3 Å². The maximum absolute atomic E-state index is 13.4. The van der Waals surface area contributed by atoms with E-state index >= 15 is 0 Å². The summed E-state index contributed by atoms with van der Waals surface area (Å²) in [7, 11) is 0. The summed E-state index contributed by atoms with van der Waals surface area (Å²) in [5.74, 6) is -1.61. The Morgan fingerprint density at radius 2 is 1.79 bits per heavy atom. The second kappa shape index (κ2) is 10.6. The summed E-state index contributed by atoms with van der Waals surface area (Å²) >= 11 is 8.66. The molecule has 0 fully saturated rings. The van der Waals surface area contributed by atoms with Gasteiger partial charge in [0.2, 0.25) is 5.88 Å². The minimum atomic E-state index is -1.11. The van der Waals surface area contributed by atoms with Crippen LogP contribution in [0.2, 0.25) is 4.34 Å². The third-order valence-corrected chi connectivity index (χ3v) is 7.42. The summed E-state index contributed by atoms with van der Waals surface area (Å²) in [5, 5.41) is 29.5. The SMILES string of the molecule is O=C(O)c1ccc(C(=O)n2nc(-c3ccc(=O)n(Cc4ccsn4)c3O)cc2NCc2ccc(Cl)s2)cc1. The number of nitrogens with zero attached hydrogens (tertiary/aromatic N) is 4. The Labute approximate surface area is 228 Å². The molecule has 13 heteroatoms. The molecule has 4 aromatic heterocycles. The van der Waals surface area contributed by atoms with E-state index in [2.05, 4.69) is 14.8 Å². The minimum Gasteiger partial charge on any atom is -0.494 e. The van der Waals surface area contributed by atoms with Crippen LogP contribution in [0.1, 0.15) is 31.3 Å². The molecule has 192 valence electrons. The fourth-order valence-corrected chi connectivity index (χ4v) is 5.26. The number of carbonyl (C=O) groups excluding carboxylic acids is 1. The van der Waals surface area contributed by atoms with E-state index in [1.165, 1.54) is 63.8 Å². The van der Waals surface area contributed by atoms with Crippen molar-refractivity contribution in [2.24, 2.45) is 0 Å². The van der Waals surface area contributed by atoms with Crippen LogP contribution in [0.4, 0.5) is 5.82 Å². The predicted molar refractivity (Wildman–Crippen MR) is 145 cm³/mol. The van der Waals surface area contributed by atoms with Crippen molar-refractivity contribution in [2.75, 3.05) is 5.32 Å². The highest BCUT2D eigenvalue weighted by Gasteiger charge is 2.21. The van der Waals surface area contributed by atoms with Crippen LogP contribution < -0.4 is 10.9 Å². The van der Waals surface area contributed by atoms with Crippen LogP contribution >= 0.6 is 34.5 Å². The maximum atomic E-state index is 13.4. The van der Waals surface area contributed by atoms with Crippen molar-refractivity contribution in [1.82, 2.24) is 18.7 Å². The zero-order valence-electron chi connectivity index (χ0n) is 19.4. The van der Waals surface area contributed by atoms with Crippen molar-refractivity contribution >= 4 is 52.2 Å². The van der Waals surface area contributed by atoms with Gasteiger partial charge < -0.3 is 15.5 Å². The van der Waals surface area contributed by atoms with Crippen molar-refractivity contribution in [1.29, 1.82) is 0 Å². The lowest BCUT2D eigenvalue weighted by Crippen LogP contribution is -2.20. The molecular formula is C25H18ClN5O5S2. The summed E-state index contributed by atoms with van der Waals surface area (Å²) in [6, 6.07) is 15.2. The van der Waals surface area contributed by atoms with E-state index in [4.69, 9.17) is 16.7 Å². The Bertz CT molecular complexity index is 1690. The average molecular weight is 568 g/mol. The first-order valence-corrected chi connectivity index (χ1v) is 13.1. The van der Waals surface area contributed by atoms with Gasteiger partial charge in [0.25, 0.3) is 11.5 Å². The van der Waals surface area contributed by atoms with Crippen LogP contribution in [0.5, 0.6) is 5.88 Å². The Balaban J connectivity index is 1.54. The highest BCUT2D eigenvalue weighted by molar-refractivity contribution is 7.16. The van der Waals surface area contributed by atoms with E-state index < -0.39 is 17.4 Å². The van der Waals surface area contributed by atoms with E-state index in [-0.39, 0.29) is 34.8 Å². The number of nitrogens with one attached hydrogen (secondary N) is 1.